The summed E-state index contributed by atoms with van der Waals surface area (Å²) >= 11 is 0. The number of epoxide rings is 1. The molecule has 1 heterocycles. The quantitative estimate of drug-likeness (QED) is 0.420. The summed E-state index contributed by atoms with van der Waals surface area (Å²) in [5, 5.41) is 0. The Morgan fingerprint density at radius 1 is 1.41 bits per heavy atom. The van der Waals surface area contributed by atoms with Crippen molar-refractivity contribution >= 4 is 12.0 Å². The van der Waals surface area contributed by atoms with E-state index in [0.29, 0.717) is 19.1 Å². The van der Waals surface area contributed by atoms with Gasteiger partial charge >= 0.3 is 5.97 Å². The number of ether oxygens (including phenoxy) is 3. The van der Waals surface area contributed by atoms with Gasteiger partial charge < -0.3 is 14.2 Å². The van der Waals surface area contributed by atoms with Crippen LogP contribution in [0.1, 0.15) is 37.0 Å². The van der Waals surface area contributed by atoms with E-state index >= 15 is 0 Å². The monoisotopic (exact) mass is 302 g/mol. The van der Waals surface area contributed by atoms with E-state index in [2.05, 4.69) is 6.07 Å². The topological polar surface area (TPSA) is 48.1 Å². The van der Waals surface area contributed by atoms with Gasteiger partial charge in [-0.25, -0.2) is 4.79 Å². The third-order valence-electron chi connectivity index (χ3n) is 3.90. The van der Waals surface area contributed by atoms with Crippen LogP contribution in [0.4, 0.5) is 0 Å². The third kappa shape index (κ3) is 4.18. The lowest BCUT2D eigenvalue weighted by Crippen LogP contribution is -2.12. The molecule has 3 rings (SSSR count). The summed E-state index contributed by atoms with van der Waals surface area (Å²) in [4.78, 5) is 11.5. The van der Waals surface area contributed by atoms with E-state index in [0.717, 1.165) is 17.7 Å². The van der Waals surface area contributed by atoms with Gasteiger partial charge in [0.25, 0.3) is 0 Å². The van der Waals surface area contributed by atoms with Gasteiger partial charge in [-0.3, -0.25) is 0 Å². The Balaban J connectivity index is 1.74. The van der Waals surface area contributed by atoms with Gasteiger partial charge in [-0.05, 0) is 42.9 Å². The molecule has 4 heteroatoms. The number of benzene rings is 1. The number of hydrogen-bond acceptors (Lipinski definition) is 4. The lowest BCUT2D eigenvalue weighted by molar-refractivity contribution is -0.137. The molecule has 1 aromatic rings. The molecule has 0 N–H and O–H groups in total. The standard InChI is InChI=1S/C18H22O4/c1-2-20-17(19)10-9-13-5-3-4-6-16(13)18(14-7-8-14)22-12-15-11-21-15/h3-6,9-10,14-15,18H,2,7-8,11-12H2,1H3/b10-9+/t15-,18+/m1/s1. The highest BCUT2D eigenvalue weighted by atomic mass is 16.6. The first-order chi connectivity index (χ1) is 10.8. The van der Waals surface area contributed by atoms with Crippen LogP contribution in [0.5, 0.6) is 0 Å². The van der Waals surface area contributed by atoms with E-state index < -0.39 is 0 Å². The molecule has 1 aliphatic carbocycles. The van der Waals surface area contributed by atoms with Crippen molar-refractivity contribution in [3.63, 3.8) is 0 Å². The molecule has 0 spiro atoms. The Hall–Kier alpha value is -1.65. The van der Waals surface area contributed by atoms with Crippen LogP contribution in [0.3, 0.4) is 0 Å². The van der Waals surface area contributed by atoms with Crippen molar-refractivity contribution in [3.05, 3.63) is 41.5 Å². The predicted octanol–water partition coefficient (Wildman–Crippen LogP) is 3.13. The molecule has 0 radical (unpaired) electrons. The lowest BCUT2D eigenvalue weighted by atomic mass is 9.98. The first-order valence-electron chi connectivity index (χ1n) is 7.95. The molecule has 0 bridgehead atoms. The van der Waals surface area contributed by atoms with E-state index in [9.17, 15) is 4.79 Å². The molecule has 0 unspecified atom stereocenters. The molecule has 2 fully saturated rings. The van der Waals surface area contributed by atoms with Crippen LogP contribution in [0, 0.1) is 5.92 Å². The highest BCUT2D eigenvalue weighted by Gasteiger charge is 2.35. The smallest absolute Gasteiger partial charge is 0.330 e. The second-order valence-electron chi connectivity index (χ2n) is 5.76. The van der Waals surface area contributed by atoms with Gasteiger partial charge in [0.2, 0.25) is 0 Å². The number of carbonyl (C=O) groups is 1. The minimum absolute atomic E-state index is 0.0900. The Morgan fingerprint density at radius 3 is 2.86 bits per heavy atom. The van der Waals surface area contributed by atoms with Crippen molar-refractivity contribution in [3.8, 4) is 0 Å². The van der Waals surface area contributed by atoms with E-state index in [1.807, 2.05) is 24.3 Å². The summed E-state index contributed by atoms with van der Waals surface area (Å²) in [7, 11) is 0. The average molecular weight is 302 g/mol. The fraction of sp³-hybridized carbons (Fsp3) is 0.500. The van der Waals surface area contributed by atoms with Crippen LogP contribution >= 0.6 is 0 Å². The predicted molar refractivity (Wildman–Crippen MR) is 83.3 cm³/mol. The van der Waals surface area contributed by atoms with Gasteiger partial charge in [0, 0.05) is 6.08 Å². The zero-order valence-corrected chi connectivity index (χ0v) is 12.9. The van der Waals surface area contributed by atoms with Gasteiger partial charge in [-0.1, -0.05) is 24.3 Å². The summed E-state index contributed by atoms with van der Waals surface area (Å²) in [5.74, 6) is 0.267. The SMILES string of the molecule is CCOC(=O)/C=C/c1ccccc1[C@@H](OC[C@H]1CO1)C1CC1. The molecule has 0 aromatic heterocycles. The molecule has 4 nitrogen and oxygen atoms in total. The molecule has 22 heavy (non-hydrogen) atoms. The molecular weight excluding hydrogens is 280 g/mol. The van der Waals surface area contributed by atoms with E-state index in [-0.39, 0.29) is 18.2 Å². The Morgan fingerprint density at radius 2 is 2.18 bits per heavy atom. The minimum atomic E-state index is -0.312. The van der Waals surface area contributed by atoms with Crippen molar-refractivity contribution in [2.45, 2.75) is 32.0 Å². The minimum Gasteiger partial charge on any atom is -0.463 e. The molecule has 1 aromatic carbocycles. The number of rotatable bonds is 8. The van der Waals surface area contributed by atoms with Crippen LogP contribution in [-0.2, 0) is 19.0 Å². The lowest BCUT2D eigenvalue weighted by Gasteiger charge is -2.19. The summed E-state index contributed by atoms with van der Waals surface area (Å²) in [6.45, 7) is 3.65. The van der Waals surface area contributed by atoms with Gasteiger partial charge in [0.15, 0.2) is 0 Å². The van der Waals surface area contributed by atoms with Crippen LogP contribution in [0.2, 0.25) is 0 Å². The molecule has 1 saturated carbocycles. The van der Waals surface area contributed by atoms with Crippen molar-refractivity contribution in [2.75, 3.05) is 19.8 Å². The van der Waals surface area contributed by atoms with E-state index in [1.165, 1.54) is 18.9 Å². The van der Waals surface area contributed by atoms with Crippen molar-refractivity contribution in [1.82, 2.24) is 0 Å². The summed E-state index contributed by atoms with van der Waals surface area (Å²) < 4.78 is 16.3. The first-order valence-corrected chi connectivity index (χ1v) is 7.95. The average Bonchev–Trinajstić information content (AvgIpc) is 3.40. The number of esters is 1. The fourth-order valence-corrected chi connectivity index (χ4v) is 2.52. The van der Waals surface area contributed by atoms with E-state index in [1.54, 1.807) is 6.92 Å². The first kappa shape index (κ1) is 15.3. The van der Waals surface area contributed by atoms with Crippen molar-refractivity contribution < 1.29 is 19.0 Å². The second kappa shape index (κ2) is 7.07. The summed E-state index contributed by atoms with van der Waals surface area (Å²) in [6, 6.07) is 8.09. The maximum atomic E-state index is 11.5. The second-order valence-corrected chi connectivity index (χ2v) is 5.76. The van der Waals surface area contributed by atoms with Crippen molar-refractivity contribution in [1.29, 1.82) is 0 Å². The zero-order valence-electron chi connectivity index (χ0n) is 12.9. The molecule has 2 atom stereocenters. The molecule has 2 aliphatic rings. The number of carbonyl (C=O) groups excluding carboxylic acids is 1. The van der Waals surface area contributed by atoms with Crippen LogP contribution in [0.15, 0.2) is 30.3 Å². The Bertz CT molecular complexity index is 544. The van der Waals surface area contributed by atoms with Crippen LogP contribution in [-0.4, -0.2) is 31.9 Å². The van der Waals surface area contributed by atoms with Gasteiger partial charge in [0.1, 0.15) is 6.10 Å². The highest BCUT2D eigenvalue weighted by molar-refractivity contribution is 5.87. The largest absolute Gasteiger partial charge is 0.463 e. The van der Waals surface area contributed by atoms with Crippen LogP contribution in [0.25, 0.3) is 6.08 Å². The maximum Gasteiger partial charge on any atom is 0.330 e. The zero-order chi connectivity index (χ0) is 15.4. The fourth-order valence-electron chi connectivity index (χ4n) is 2.52. The summed E-state index contributed by atoms with van der Waals surface area (Å²) in [5.41, 5.74) is 2.16. The Kier molecular flexibility index (Phi) is 4.90. The normalized spacial score (nSPS) is 21.8. The maximum absolute atomic E-state index is 11.5. The van der Waals surface area contributed by atoms with Crippen molar-refractivity contribution in [2.24, 2.45) is 5.92 Å². The molecule has 118 valence electrons. The Labute approximate surface area is 131 Å². The van der Waals surface area contributed by atoms with Crippen LogP contribution < -0.4 is 0 Å². The van der Waals surface area contributed by atoms with E-state index in [4.69, 9.17) is 14.2 Å². The summed E-state index contributed by atoms with van der Waals surface area (Å²) in [6.07, 6.45) is 6.06. The third-order valence-corrected chi connectivity index (χ3v) is 3.90. The van der Waals surface area contributed by atoms with Gasteiger partial charge in [-0.2, -0.15) is 0 Å². The molecular formula is C18H22O4. The van der Waals surface area contributed by atoms with Gasteiger partial charge in [0.05, 0.1) is 25.9 Å². The molecule has 1 aliphatic heterocycles. The molecule has 0 amide bonds. The highest BCUT2D eigenvalue weighted by Crippen LogP contribution is 2.44. The molecule has 1 saturated heterocycles. The number of hydrogen-bond donors (Lipinski definition) is 0. The van der Waals surface area contributed by atoms with Gasteiger partial charge in [-0.15, -0.1) is 0 Å².